The van der Waals surface area contributed by atoms with Gasteiger partial charge in [-0.2, -0.15) is 13.2 Å². The first kappa shape index (κ1) is 21.8. The van der Waals surface area contributed by atoms with Crippen LogP contribution in [0.15, 0.2) is 22.6 Å². The number of carboxylic acid groups (broad SMARTS) is 1. The first-order chi connectivity index (χ1) is 14.1. The summed E-state index contributed by atoms with van der Waals surface area (Å²) in [4.78, 5) is 24.8. The van der Waals surface area contributed by atoms with E-state index in [9.17, 15) is 27.9 Å². The number of amides is 2. The number of methoxy groups -OCH3 is 1. The molecule has 1 aromatic heterocycles. The summed E-state index contributed by atoms with van der Waals surface area (Å²) in [5, 5.41) is 18.9. The number of carbonyl (C=O) groups excluding carboxylic acids is 1. The molecule has 162 valence electrons. The second-order valence-corrected chi connectivity index (χ2v) is 6.96. The van der Waals surface area contributed by atoms with Gasteiger partial charge in [-0.25, -0.2) is 4.79 Å². The molecule has 2 amide bonds. The van der Waals surface area contributed by atoms with Crippen molar-refractivity contribution in [2.75, 3.05) is 20.3 Å². The lowest BCUT2D eigenvalue weighted by Gasteiger charge is -2.19. The Morgan fingerprint density at radius 3 is 2.77 bits per heavy atom. The molecule has 1 saturated heterocycles. The lowest BCUT2D eigenvalue weighted by atomic mass is 10.1. The van der Waals surface area contributed by atoms with Gasteiger partial charge in [0.1, 0.15) is 0 Å². The van der Waals surface area contributed by atoms with Gasteiger partial charge in [0.15, 0.2) is 0 Å². The molecule has 1 fully saturated rings. The highest BCUT2D eigenvalue weighted by atomic mass is 35.5. The van der Waals surface area contributed by atoms with Crippen molar-refractivity contribution in [1.82, 2.24) is 20.4 Å². The van der Waals surface area contributed by atoms with Crippen molar-refractivity contribution in [3.63, 3.8) is 0 Å². The first-order valence-electron chi connectivity index (χ1n) is 8.60. The zero-order valence-corrected chi connectivity index (χ0v) is 16.2. The maximum absolute atomic E-state index is 12.9. The number of carbonyl (C=O) groups is 2. The predicted octanol–water partition coefficient (Wildman–Crippen LogP) is 2.91. The number of hydrogen-bond donors (Lipinski definition) is 2. The third-order valence-corrected chi connectivity index (χ3v) is 4.83. The quantitative estimate of drug-likeness (QED) is 0.722. The highest BCUT2D eigenvalue weighted by Crippen LogP contribution is 2.35. The van der Waals surface area contributed by atoms with E-state index in [1.54, 1.807) is 0 Å². The van der Waals surface area contributed by atoms with Gasteiger partial charge in [-0.15, -0.1) is 10.2 Å². The van der Waals surface area contributed by atoms with Crippen molar-refractivity contribution in [3.05, 3.63) is 34.7 Å². The number of nitrogens with one attached hydrogen (secondary N) is 1. The fourth-order valence-electron chi connectivity index (χ4n) is 3.14. The van der Waals surface area contributed by atoms with Gasteiger partial charge in [-0.05, 0) is 24.6 Å². The maximum Gasteiger partial charge on any atom is 0.416 e. The van der Waals surface area contributed by atoms with Gasteiger partial charge in [0.05, 0.1) is 28.8 Å². The summed E-state index contributed by atoms with van der Waals surface area (Å²) < 4.78 is 49.0. The molecule has 0 saturated carbocycles. The highest BCUT2D eigenvalue weighted by molar-refractivity contribution is 6.33. The molecule has 30 heavy (non-hydrogen) atoms. The molecule has 0 spiro atoms. The van der Waals surface area contributed by atoms with Gasteiger partial charge in [-0.1, -0.05) is 11.6 Å². The van der Waals surface area contributed by atoms with Crippen molar-refractivity contribution in [1.29, 1.82) is 0 Å². The maximum atomic E-state index is 12.9. The minimum absolute atomic E-state index is 0.0373. The Bertz CT molecular complexity index is 952. The van der Waals surface area contributed by atoms with Gasteiger partial charge < -0.3 is 24.5 Å². The van der Waals surface area contributed by atoms with Crippen LogP contribution < -0.4 is 5.32 Å². The van der Waals surface area contributed by atoms with Gasteiger partial charge >= 0.3 is 24.1 Å². The van der Waals surface area contributed by atoms with Gasteiger partial charge in [0, 0.05) is 19.7 Å². The minimum atomic E-state index is -4.60. The fourth-order valence-corrected chi connectivity index (χ4v) is 3.34. The van der Waals surface area contributed by atoms with E-state index in [4.69, 9.17) is 20.8 Å². The van der Waals surface area contributed by atoms with Crippen LogP contribution in [-0.2, 0) is 10.9 Å². The van der Waals surface area contributed by atoms with Crippen molar-refractivity contribution < 1.29 is 37.0 Å². The van der Waals surface area contributed by atoms with Crippen LogP contribution >= 0.6 is 11.6 Å². The molecule has 2 N–H and O–H groups in total. The summed E-state index contributed by atoms with van der Waals surface area (Å²) in [6.45, 7) is 0.201. The van der Waals surface area contributed by atoms with E-state index in [2.05, 4.69) is 15.5 Å². The SMILES string of the molecule is COC[C@@H]1C[C@@H](NC(=O)c2nnc(-c3cc(C(F)(F)F)ccc3Cl)o2)CN1C(=O)O. The summed E-state index contributed by atoms with van der Waals surface area (Å²) in [6.07, 6.45) is -5.43. The van der Waals surface area contributed by atoms with Gasteiger partial charge in [-0.3, -0.25) is 4.79 Å². The summed E-state index contributed by atoms with van der Waals surface area (Å²) in [6, 6.07) is 1.63. The van der Waals surface area contributed by atoms with E-state index in [1.165, 1.54) is 7.11 Å². The lowest BCUT2D eigenvalue weighted by Crippen LogP contribution is -2.39. The van der Waals surface area contributed by atoms with E-state index in [1.807, 2.05) is 0 Å². The molecule has 3 rings (SSSR count). The Hall–Kier alpha value is -2.86. The number of likely N-dealkylation sites (tertiary alicyclic amines) is 1. The smallest absolute Gasteiger partial charge is 0.416 e. The molecule has 0 unspecified atom stereocenters. The molecular weight excluding hydrogens is 433 g/mol. The zero-order chi connectivity index (χ0) is 22.1. The van der Waals surface area contributed by atoms with Gasteiger partial charge in [0.2, 0.25) is 5.89 Å². The van der Waals surface area contributed by atoms with Crippen LogP contribution in [0.1, 0.15) is 22.7 Å². The Labute approximate surface area is 172 Å². The number of benzene rings is 1. The van der Waals surface area contributed by atoms with Crippen molar-refractivity contribution in [3.8, 4) is 11.5 Å². The average molecular weight is 449 g/mol. The molecule has 1 aromatic carbocycles. The van der Waals surface area contributed by atoms with Crippen LogP contribution in [0.3, 0.4) is 0 Å². The predicted molar refractivity (Wildman–Crippen MR) is 96.0 cm³/mol. The van der Waals surface area contributed by atoms with Crippen LogP contribution in [0, 0.1) is 0 Å². The van der Waals surface area contributed by atoms with Gasteiger partial charge in [0.25, 0.3) is 0 Å². The molecule has 2 atom stereocenters. The zero-order valence-electron chi connectivity index (χ0n) is 15.4. The van der Waals surface area contributed by atoms with Crippen LogP contribution in [-0.4, -0.2) is 64.5 Å². The normalized spacial score (nSPS) is 19.2. The number of ether oxygens (including phenoxy) is 1. The number of halogens is 4. The van der Waals surface area contributed by atoms with Crippen LogP contribution in [0.4, 0.5) is 18.0 Å². The topological polar surface area (TPSA) is 118 Å². The van der Waals surface area contributed by atoms with Crippen molar-refractivity contribution >= 4 is 23.6 Å². The molecule has 0 bridgehead atoms. The number of aromatic nitrogens is 2. The molecule has 9 nitrogen and oxygen atoms in total. The van der Waals surface area contributed by atoms with Crippen molar-refractivity contribution in [2.45, 2.75) is 24.7 Å². The highest BCUT2D eigenvalue weighted by Gasteiger charge is 2.37. The second kappa shape index (κ2) is 8.48. The summed E-state index contributed by atoms with van der Waals surface area (Å²) in [5.41, 5.74) is -1.13. The molecule has 2 aromatic rings. The Morgan fingerprint density at radius 2 is 2.13 bits per heavy atom. The second-order valence-electron chi connectivity index (χ2n) is 6.55. The Balaban J connectivity index is 1.74. The third kappa shape index (κ3) is 4.65. The van der Waals surface area contributed by atoms with Crippen LogP contribution in [0.2, 0.25) is 5.02 Å². The largest absolute Gasteiger partial charge is 0.465 e. The summed E-state index contributed by atoms with van der Waals surface area (Å²) in [7, 11) is 1.44. The molecule has 13 heteroatoms. The number of rotatable bonds is 5. The summed E-state index contributed by atoms with van der Waals surface area (Å²) in [5.74, 6) is -1.63. The van der Waals surface area contributed by atoms with E-state index < -0.39 is 41.7 Å². The van der Waals surface area contributed by atoms with Crippen LogP contribution in [0.5, 0.6) is 0 Å². The Kier molecular flexibility index (Phi) is 6.17. The molecule has 2 heterocycles. The van der Waals surface area contributed by atoms with E-state index in [0.29, 0.717) is 6.42 Å². The minimum Gasteiger partial charge on any atom is -0.465 e. The fraction of sp³-hybridized carbons (Fsp3) is 0.412. The average Bonchev–Trinajstić information content (AvgIpc) is 3.29. The van der Waals surface area contributed by atoms with E-state index in [0.717, 1.165) is 23.1 Å². The molecule has 1 aliphatic heterocycles. The van der Waals surface area contributed by atoms with E-state index in [-0.39, 0.29) is 29.6 Å². The number of nitrogens with zero attached hydrogens (tertiary/aromatic N) is 3. The van der Waals surface area contributed by atoms with E-state index >= 15 is 0 Å². The molecular formula is C17H16ClF3N4O5. The summed E-state index contributed by atoms with van der Waals surface area (Å²) >= 11 is 5.93. The first-order valence-corrected chi connectivity index (χ1v) is 8.98. The third-order valence-electron chi connectivity index (χ3n) is 4.50. The van der Waals surface area contributed by atoms with Crippen molar-refractivity contribution in [2.24, 2.45) is 0 Å². The Morgan fingerprint density at radius 1 is 1.40 bits per heavy atom. The monoisotopic (exact) mass is 448 g/mol. The molecule has 0 aliphatic carbocycles. The number of alkyl halides is 3. The standard InChI is InChI=1S/C17H16ClF3N4O5/c1-29-7-10-5-9(6-25(10)16(27)28)22-13(26)15-24-23-14(30-15)11-4-8(17(19,20)21)2-3-12(11)18/h2-4,9-10H,5-7H2,1H3,(H,22,26)(H,27,28)/t9-,10+/m1/s1. The van der Waals surface area contributed by atoms with Crippen LogP contribution in [0.25, 0.3) is 11.5 Å². The number of hydrogen-bond acceptors (Lipinski definition) is 6. The molecule has 1 aliphatic rings. The lowest BCUT2D eigenvalue weighted by molar-refractivity contribution is -0.137. The molecule has 0 radical (unpaired) electrons.